The molecule has 0 aliphatic carbocycles. The van der Waals surface area contributed by atoms with E-state index in [1.807, 2.05) is 37.1 Å². The van der Waals surface area contributed by atoms with E-state index in [0.717, 1.165) is 12.2 Å². The van der Waals surface area contributed by atoms with Crippen molar-refractivity contribution in [3.8, 4) is 0 Å². The van der Waals surface area contributed by atoms with Crippen molar-refractivity contribution in [3.05, 3.63) is 24.0 Å². The summed E-state index contributed by atoms with van der Waals surface area (Å²) in [5.41, 5.74) is 1.09. The quantitative estimate of drug-likeness (QED) is 0.620. The summed E-state index contributed by atoms with van der Waals surface area (Å²) in [6.07, 6.45) is 1.82. The number of nitrogens with zero attached hydrogens (tertiary/aromatic N) is 2. The van der Waals surface area contributed by atoms with Crippen molar-refractivity contribution in [2.45, 2.75) is 26.4 Å². The number of carbonyl (C=O) groups is 1. The van der Waals surface area contributed by atoms with Crippen molar-refractivity contribution in [1.82, 2.24) is 9.47 Å². The summed E-state index contributed by atoms with van der Waals surface area (Å²) in [5.74, 6) is 0. The van der Waals surface area contributed by atoms with E-state index in [1.165, 1.54) is 0 Å². The van der Waals surface area contributed by atoms with Gasteiger partial charge in [0.05, 0.1) is 6.54 Å². The first-order chi connectivity index (χ1) is 5.70. The van der Waals surface area contributed by atoms with Gasteiger partial charge in [-0.2, -0.15) is 0 Å². The Hall–Kier alpha value is -1.25. The van der Waals surface area contributed by atoms with E-state index < -0.39 is 0 Å². The SMILES string of the molecule is CC(C)N1Cc2cccn2C1=O. The van der Waals surface area contributed by atoms with Gasteiger partial charge in [-0.3, -0.25) is 4.57 Å². The van der Waals surface area contributed by atoms with Crippen LogP contribution in [0.5, 0.6) is 0 Å². The van der Waals surface area contributed by atoms with E-state index in [9.17, 15) is 4.79 Å². The number of amides is 1. The summed E-state index contributed by atoms with van der Waals surface area (Å²) in [6, 6.07) is 4.29. The molecule has 0 aromatic carbocycles. The molecular weight excluding hydrogens is 152 g/mol. The van der Waals surface area contributed by atoms with Gasteiger partial charge in [0.2, 0.25) is 0 Å². The first-order valence-corrected chi connectivity index (χ1v) is 4.17. The maximum atomic E-state index is 11.6. The van der Waals surface area contributed by atoms with E-state index in [-0.39, 0.29) is 12.1 Å². The van der Waals surface area contributed by atoms with Crippen LogP contribution in [0.25, 0.3) is 0 Å². The Kier molecular flexibility index (Phi) is 1.46. The van der Waals surface area contributed by atoms with E-state index in [4.69, 9.17) is 0 Å². The second-order valence-electron chi connectivity index (χ2n) is 3.37. The number of hydrogen-bond donors (Lipinski definition) is 0. The van der Waals surface area contributed by atoms with Crippen LogP contribution in [-0.2, 0) is 6.54 Å². The number of fused-ring (bicyclic) bond motifs is 1. The normalized spacial score (nSPS) is 15.9. The van der Waals surface area contributed by atoms with Crippen LogP contribution in [0.2, 0.25) is 0 Å². The number of rotatable bonds is 1. The lowest BCUT2D eigenvalue weighted by Crippen LogP contribution is -2.32. The zero-order valence-electron chi connectivity index (χ0n) is 7.32. The molecule has 0 saturated heterocycles. The van der Waals surface area contributed by atoms with Crippen molar-refractivity contribution >= 4 is 6.03 Å². The molecule has 1 aromatic rings. The molecule has 0 fully saturated rings. The van der Waals surface area contributed by atoms with E-state index in [1.54, 1.807) is 4.57 Å². The first kappa shape index (κ1) is 7.40. The Labute approximate surface area is 71.6 Å². The average molecular weight is 164 g/mol. The monoisotopic (exact) mass is 164 g/mol. The predicted octanol–water partition coefficient (Wildman–Crippen LogP) is 1.68. The molecule has 1 aliphatic rings. The van der Waals surface area contributed by atoms with Gasteiger partial charge in [-0.15, -0.1) is 0 Å². The minimum Gasteiger partial charge on any atom is -0.316 e. The molecule has 0 bridgehead atoms. The van der Waals surface area contributed by atoms with Crippen molar-refractivity contribution in [2.24, 2.45) is 0 Å². The zero-order chi connectivity index (χ0) is 8.72. The van der Waals surface area contributed by atoms with Gasteiger partial charge >= 0.3 is 6.03 Å². The molecule has 0 spiro atoms. The second-order valence-corrected chi connectivity index (χ2v) is 3.37. The Morgan fingerprint density at radius 2 is 2.25 bits per heavy atom. The molecule has 1 aromatic heterocycles. The molecule has 0 unspecified atom stereocenters. The maximum absolute atomic E-state index is 11.6. The first-order valence-electron chi connectivity index (χ1n) is 4.17. The standard InChI is InChI=1S/C9H12N2O/c1-7(2)11-6-8-4-3-5-10(8)9(11)12/h3-5,7H,6H2,1-2H3. The summed E-state index contributed by atoms with van der Waals surface area (Å²) in [7, 11) is 0. The van der Waals surface area contributed by atoms with Gasteiger partial charge in [0, 0.05) is 17.9 Å². The largest absolute Gasteiger partial charge is 0.328 e. The van der Waals surface area contributed by atoms with E-state index in [2.05, 4.69) is 0 Å². The van der Waals surface area contributed by atoms with Crippen molar-refractivity contribution in [2.75, 3.05) is 0 Å². The van der Waals surface area contributed by atoms with Gasteiger partial charge in [0.1, 0.15) is 0 Å². The lowest BCUT2D eigenvalue weighted by atomic mass is 10.3. The van der Waals surface area contributed by atoms with Crippen LogP contribution in [0.1, 0.15) is 19.5 Å². The van der Waals surface area contributed by atoms with E-state index >= 15 is 0 Å². The van der Waals surface area contributed by atoms with Crippen LogP contribution < -0.4 is 0 Å². The molecule has 1 amide bonds. The highest BCUT2D eigenvalue weighted by atomic mass is 16.2. The molecule has 3 nitrogen and oxygen atoms in total. The van der Waals surface area contributed by atoms with Crippen LogP contribution in [0.4, 0.5) is 4.79 Å². The minimum atomic E-state index is 0.102. The third kappa shape index (κ3) is 0.858. The summed E-state index contributed by atoms with van der Waals surface area (Å²) in [4.78, 5) is 13.4. The molecule has 0 atom stereocenters. The Morgan fingerprint density at radius 1 is 1.50 bits per heavy atom. The Balaban J connectivity index is 2.33. The van der Waals surface area contributed by atoms with Crippen molar-refractivity contribution in [3.63, 3.8) is 0 Å². The number of carbonyl (C=O) groups excluding carboxylic acids is 1. The number of hydrogen-bond acceptors (Lipinski definition) is 1. The molecular formula is C9H12N2O. The van der Waals surface area contributed by atoms with Gasteiger partial charge in [-0.1, -0.05) is 0 Å². The summed E-state index contributed by atoms with van der Waals surface area (Å²) >= 11 is 0. The molecule has 12 heavy (non-hydrogen) atoms. The summed E-state index contributed by atoms with van der Waals surface area (Å²) < 4.78 is 1.71. The second kappa shape index (κ2) is 2.37. The molecule has 2 heterocycles. The van der Waals surface area contributed by atoms with E-state index in [0.29, 0.717) is 0 Å². The van der Waals surface area contributed by atoms with Crippen LogP contribution >= 0.6 is 0 Å². The zero-order valence-corrected chi connectivity index (χ0v) is 7.32. The van der Waals surface area contributed by atoms with Crippen molar-refractivity contribution in [1.29, 1.82) is 0 Å². The van der Waals surface area contributed by atoms with Crippen LogP contribution in [0.15, 0.2) is 18.3 Å². The van der Waals surface area contributed by atoms with Gasteiger partial charge in [0.15, 0.2) is 0 Å². The van der Waals surface area contributed by atoms with Crippen LogP contribution in [0, 0.1) is 0 Å². The Morgan fingerprint density at radius 3 is 2.83 bits per heavy atom. The third-order valence-corrected chi connectivity index (χ3v) is 2.24. The molecule has 0 radical (unpaired) electrons. The summed E-state index contributed by atoms with van der Waals surface area (Å²) in [5, 5.41) is 0. The lowest BCUT2D eigenvalue weighted by molar-refractivity contribution is 0.196. The molecule has 64 valence electrons. The van der Waals surface area contributed by atoms with Crippen molar-refractivity contribution < 1.29 is 4.79 Å². The molecule has 1 aliphatic heterocycles. The van der Waals surface area contributed by atoms with Gasteiger partial charge in [0.25, 0.3) is 0 Å². The van der Waals surface area contributed by atoms with Crippen LogP contribution in [-0.4, -0.2) is 21.5 Å². The fourth-order valence-corrected chi connectivity index (χ4v) is 1.52. The fraction of sp³-hybridized carbons (Fsp3) is 0.444. The molecule has 0 N–H and O–H groups in total. The maximum Gasteiger partial charge on any atom is 0.328 e. The lowest BCUT2D eigenvalue weighted by Gasteiger charge is -2.18. The highest BCUT2D eigenvalue weighted by Crippen LogP contribution is 2.18. The third-order valence-electron chi connectivity index (χ3n) is 2.24. The fourth-order valence-electron chi connectivity index (χ4n) is 1.52. The van der Waals surface area contributed by atoms with Crippen LogP contribution in [0.3, 0.4) is 0 Å². The van der Waals surface area contributed by atoms with Gasteiger partial charge in [-0.25, -0.2) is 4.79 Å². The number of aromatic nitrogens is 1. The molecule has 0 saturated carbocycles. The smallest absolute Gasteiger partial charge is 0.316 e. The minimum absolute atomic E-state index is 0.102. The highest BCUT2D eigenvalue weighted by molar-refractivity contribution is 5.80. The average Bonchev–Trinajstić information content (AvgIpc) is 2.53. The summed E-state index contributed by atoms with van der Waals surface area (Å²) in [6.45, 7) is 4.82. The topological polar surface area (TPSA) is 25.2 Å². The van der Waals surface area contributed by atoms with Gasteiger partial charge in [-0.05, 0) is 26.0 Å². The highest BCUT2D eigenvalue weighted by Gasteiger charge is 2.27. The molecule has 2 rings (SSSR count). The molecule has 3 heteroatoms. The van der Waals surface area contributed by atoms with Gasteiger partial charge < -0.3 is 4.90 Å². The predicted molar refractivity (Wildman–Crippen MR) is 45.9 cm³/mol. The Bertz CT molecular complexity index is 314.